The van der Waals surface area contributed by atoms with E-state index in [0.717, 1.165) is 31.6 Å². The predicted molar refractivity (Wildman–Crippen MR) is 76.3 cm³/mol. The molecular weight excluding hydrogens is 326 g/mol. The first kappa shape index (κ1) is 15.1. The highest BCUT2D eigenvalue weighted by Crippen LogP contribution is 2.23. The van der Waals surface area contributed by atoms with E-state index < -0.39 is 5.97 Å². The maximum absolute atomic E-state index is 11.7. The third kappa shape index (κ3) is 4.37. The monoisotopic (exact) mass is 343 g/mol. The molecule has 110 valence electrons. The number of hydrogen-bond acceptors (Lipinski definition) is 4. The summed E-state index contributed by atoms with van der Waals surface area (Å²) in [5.41, 5.74) is 0. The molecule has 1 amide bonds. The lowest BCUT2D eigenvalue weighted by atomic mass is 9.87. The SMILES string of the molecule is CC1CCC(NC(=O)COC(=O)c2ccc(Br)o2)CC1. The van der Waals surface area contributed by atoms with E-state index >= 15 is 0 Å². The topological polar surface area (TPSA) is 68.5 Å². The molecule has 1 heterocycles. The van der Waals surface area contributed by atoms with E-state index in [2.05, 4.69) is 28.2 Å². The van der Waals surface area contributed by atoms with Crippen LogP contribution in [0.3, 0.4) is 0 Å². The lowest BCUT2D eigenvalue weighted by Crippen LogP contribution is -2.39. The van der Waals surface area contributed by atoms with Gasteiger partial charge in [-0.1, -0.05) is 6.92 Å². The van der Waals surface area contributed by atoms with Crippen LogP contribution in [-0.2, 0) is 9.53 Å². The number of carbonyl (C=O) groups is 2. The summed E-state index contributed by atoms with van der Waals surface area (Å²) >= 11 is 3.10. The van der Waals surface area contributed by atoms with Crippen LogP contribution in [0.25, 0.3) is 0 Å². The average molecular weight is 344 g/mol. The highest BCUT2D eigenvalue weighted by atomic mass is 79.9. The van der Waals surface area contributed by atoms with E-state index in [-0.39, 0.29) is 24.3 Å². The molecule has 2 rings (SSSR count). The standard InChI is InChI=1S/C14H18BrNO4/c1-9-2-4-10(5-3-9)16-13(17)8-19-14(18)11-6-7-12(15)20-11/h6-7,9-10H,2-5,8H2,1H3,(H,16,17). The Balaban J connectivity index is 1.71. The van der Waals surface area contributed by atoms with Crippen molar-refractivity contribution in [2.75, 3.05) is 6.61 Å². The molecule has 1 aromatic rings. The summed E-state index contributed by atoms with van der Waals surface area (Å²) in [4.78, 5) is 23.3. The third-order valence-corrected chi connectivity index (χ3v) is 3.92. The summed E-state index contributed by atoms with van der Waals surface area (Å²) in [5, 5.41) is 2.90. The zero-order chi connectivity index (χ0) is 14.5. The Hall–Kier alpha value is -1.30. The first-order valence-corrected chi connectivity index (χ1v) is 7.55. The first-order valence-electron chi connectivity index (χ1n) is 6.76. The summed E-state index contributed by atoms with van der Waals surface area (Å²) in [5.74, 6) is -0.0822. The molecule has 0 spiro atoms. The van der Waals surface area contributed by atoms with Gasteiger partial charge in [0.1, 0.15) is 0 Å². The van der Waals surface area contributed by atoms with Crippen LogP contribution in [0, 0.1) is 5.92 Å². The average Bonchev–Trinajstić information content (AvgIpc) is 2.85. The zero-order valence-corrected chi connectivity index (χ0v) is 12.9. The van der Waals surface area contributed by atoms with E-state index in [0.29, 0.717) is 4.67 Å². The normalized spacial score (nSPS) is 22.3. The van der Waals surface area contributed by atoms with Gasteiger partial charge in [0.2, 0.25) is 5.76 Å². The Morgan fingerprint density at radius 3 is 2.65 bits per heavy atom. The summed E-state index contributed by atoms with van der Waals surface area (Å²) < 4.78 is 10.4. The van der Waals surface area contributed by atoms with Crippen molar-refractivity contribution < 1.29 is 18.7 Å². The van der Waals surface area contributed by atoms with Crippen molar-refractivity contribution in [2.45, 2.75) is 38.6 Å². The number of halogens is 1. The predicted octanol–water partition coefficient (Wildman–Crippen LogP) is 2.89. The molecule has 0 bridgehead atoms. The Labute approximate surface area is 126 Å². The molecule has 0 atom stereocenters. The van der Waals surface area contributed by atoms with E-state index in [1.54, 1.807) is 6.07 Å². The van der Waals surface area contributed by atoms with Crippen LogP contribution in [0.1, 0.15) is 43.2 Å². The van der Waals surface area contributed by atoms with Crippen molar-refractivity contribution in [3.63, 3.8) is 0 Å². The highest BCUT2D eigenvalue weighted by molar-refractivity contribution is 9.10. The van der Waals surface area contributed by atoms with Gasteiger partial charge in [0.25, 0.3) is 5.91 Å². The second-order valence-electron chi connectivity index (χ2n) is 5.20. The van der Waals surface area contributed by atoms with Gasteiger partial charge >= 0.3 is 5.97 Å². The van der Waals surface area contributed by atoms with E-state index in [4.69, 9.17) is 9.15 Å². The Kier molecular flexibility index (Phi) is 5.23. The molecule has 1 aliphatic carbocycles. The van der Waals surface area contributed by atoms with Gasteiger partial charge in [-0.05, 0) is 59.7 Å². The number of amides is 1. The number of furan rings is 1. The quantitative estimate of drug-likeness (QED) is 0.853. The van der Waals surface area contributed by atoms with Gasteiger partial charge in [-0.25, -0.2) is 4.79 Å². The minimum absolute atomic E-state index is 0.0798. The lowest BCUT2D eigenvalue weighted by molar-refractivity contribution is -0.125. The van der Waals surface area contributed by atoms with Gasteiger partial charge in [0, 0.05) is 6.04 Å². The lowest BCUT2D eigenvalue weighted by Gasteiger charge is -2.26. The molecule has 0 saturated heterocycles. The Bertz CT molecular complexity index is 477. The molecule has 0 aliphatic heterocycles. The van der Waals surface area contributed by atoms with Crippen molar-refractivity contribution in [2.24, 2.45) is 5.92 Å². The molecule has 5 nitrogen and oxygen atoms in total. The van der Waals surface area contributed by atoms with Crippen molar-refractivity contribution in [3.05, 3.63) is 22.6 Å². The second-order valence-corrected chi connectivity index (χ2v) is 5.99. The third-order valence-electron chi connectivity index (χ3n) is 3.49. The fourth-order valence-corrected chi connectivity index (χ4v) is 2.61. The van der Waals surface area contributed by atoms with Crippen LogP contribution in [0.2, 0.25) is 0 Å². The first-order chi connectivity index (χ1) is 9.54. The molecular formula is C14H18BrNO4. The number of ether oxygens (including phenoxy) is 1. The van der Waals surface area contributed by atoms with Gasteiger partial charge in [-0.2, -0.15) is 0 Å². The second kappa shape index (κ2) is 6.92. The van der Waals surface area contributed by atoms with Crippen molar-refractivity contribution >= 4 is 27.8 Å². The molecule has 1 aliphatic rings. The van der Waals surface area contributed by atoms with Crippen LogP contribution in [-0.4, -0.2) is 24.5 Å². The summed E-state index contributed by atoms with van der Waals surface area (Å²) in [6.07, 6.45) is 4.24. The maximum atomic E-state index is 11.7. The fourth-order valence-electron chi connectivity index (χ4n) is 2.30. The van der Waals surface area contributed by atoms with Gasteiger partial charge in [0.05, 0.1) is 0 Å². The van der Waals surface area contributed by atoms with Crippen molar-refractivity contribution in [3.8, 4) is 0 Å². The van der Waals surface area contributed by atoms with Crippen LogP contribution >= 0.6 is 15.9 Å². The van der Waals surface area contributed by atoms with Crippen LogP contribution in [0.4, 0.5) is 0 Å². The number of nitrogens with one attached hydrogen (secondary N) is 1. The van der Waals surface area contributed by atoms with Gasteiger partial charge in [-0.3, -0.25) is 4.79 Å². The summed E-state index contributed by atoms with van der Waals surface area (Å²) in [6, 6.07) is 3.29. The van der Waals surface area contributed by atoms with Gasteiger partial charge < -0.3 is 14.5 Å². The van der Waals surface area contributed by atoms with Crippen molar-refractivity contribution in [1.82, 2.24) is 5.32 Å². The highest BCUT2D eigenvalue weighted by Gasteiger charge is 2.20. The number of hydrogen-bond donors (Lipinski definition) is 1. The smallest absolute Gasteiger partial charge is 0.374 e. The Morgan fingerprint density at radius 2 is 2.05 bits per heavy atom. The molecule has 0 aromatic carbocycles. The van der Waals surface area contributed by atoms with E-state index in [1.807, 2.05) is 0 Å². The molecule has 0 radical (unpaired) electrons. The van der Waals surface area contributed by atoms with Gasteiger partial charge in [-0.15, -0.1) is 0 Å². The molecule has 20 heavy (non-hydrogen) atoms. The minimum Gasteiger partial charge on any atom is -0.450 e. The molecule has 6 heteroatoms. The van der Waals surface area contributed by atoms with E-state index in [1.165, 1.54) is 6.07 Å². The maximum Gasteiger partial charge on any atom is 0.374 e. The summed E-state index contributed by atoms with van der Waals surface area (Å²) in [6.45, 7) is 1.95. The zero-order valence-electron chi connectivity index (χ0n) is 11.4. The Morgan fingerprint density at radius 1 is 1.35 bits per heavy atom. The number of rotatable bonds is 4. The molecule has 1 aromatic heterocycles. The van der Waals surface area contributed by atoms with Crippen molar-refractivity contribution in [1.29, 1.82) is 0 Å². The summed E-state index contributed by atoms with van der Waals surface area (Å²) in [7, 11) is 0. The molecule has 1 N–H and O–H groups in total. The molecule has 1 fully saturated rings. The fraction of sp³-hybridized carbons (Fsp3) is 0.571. The number of carbonyl (C=O) groups excluding carboxylic acids is 2. The minimum atomic E-state index is -0.636. The number of esters is 1. The molecule has 0 unspecified atom stereocenters. The largest absolute Gasteiger partial charge is 0.450 e. The van der Waals surface area contributed by atoms with Crippen LogP contribution in [0.5, 0.6) is 0 Å². The van der Waals surface area contributed by atoms with Gasteiger partial charge in [0.15, 0.2) is 11.3 Å². The van der Waals surface area contributed by atoms with Crippen LogP contribution in [0.15, 0.2) is 21.2 Å². The molecule has 1 saturated carbocycles. The van der Waals surface area contributed by atoms with E-state index in [9.17, 15) is 9.59 Å². The van der Waals surface area contributed by atoms with Crippen LogP contribution < -0.4 is 5.32 Å².